The third-order valence-corrected chi connectivity index (χ3v) is 5.74. The van der Waals surface area contributed by atoms with Crippen LogP contribution in [-0.4, -0.2) is 75.2 Å². The van der Waals surface area contributed by atoms with Crippen molar-refractivity contribution in [1.29, 1.82) is 0 Å². The number of ether oxygens (including phenoxy) is 1. The van der Waals surface area contributed by atoms with E-state index in [1.807, 2.05) is 6.07 Å². The van der Waals surface area contributed by atoms with Gasteiger partial charge in [-0.25, -0.2) is 8.42 Å². The fraction of sp³-hybridized carbons (Fsp3) is 0.647. The maximum absolute atomic E-state index is 11.3. The summed E-state index contributed by atoms with van der Waals surface area (Å²) >= 11 is 0. The average molecular weight is 338 g/mol. The van der Waals surface area contributed by atoms with Crippen molar-refractivity contribution in [3.8, 4) is 0 Å². The molecule has 0 bridgehead atoms. The van der Waals surface area contributed by atoms with E-state index in [-0.39, 0.29) is 11.9 Å². The molecule has 6 heteroatoms. The fourth-order valence-corrected chi connectivity index (χ4v) is 4.23. The Bertz CT molecular complexity index is 606. The molecule has 0 N–H and O–H groups in total. The van der Waals surface area contributed by atoms with Crippen LogP contribution in [0.4, 0.5) is 0 Å². The van der Waals surface area contributed by atoms with Crippen LogP contribution in [0.15, 0.2) is 30.3 Å². The van der Waals surface area contributed by atoms with Gasteiger partial charge < -0.3 is 4.74 Å². The molecule has 3 rings (SSSR count). The van der Waals surface area contributed by atoms with Crippen molar-refractivity contribution in [3.05, 3.63) is 35.9 Å². The lowest BCUT2D eigenvalue weighted by Gasteiger charge is -2.37. The molecule has 1 aromatic carbocycles. The SMILES string of the molecule is CS(=O)(=O)CCCN1CC2OCCN(Cc3ccccc3)C2C1. The van der Waals surface area contributed by atoms with E-state index in [0.717, 1.165) is 39.3 Å². The third kappa shape index (κ3) is 4.76. The topological polar surface area (TPSA) is 49.9 Å². The van der Waals surface area contributed by atoms with Crippen LogP contribution in [0.5, 0.6) is 0 Å². The van der Waals surface area contributed by atoms with Crippen molar-refractivity contribution >= 4 is 9.84 Å². The van der Waals surface area contributed by atoms with Crippen LogP contribution < -0.4 is 0 Å². The smallest absolute Gasteiger partial charge is 0.147 e. The molecule has 23 heavy (non-hydrogen) atoms. The second-order valence-corrected chi connectivity index (χ2v) is 8.94. The van der Waals surface area contributed by atoms with E-state index in [9.17, 15) is 8.42 Å². The molecule has 5 nitrogen and oxygen atoms in total. The molecule has 0 spiro atoms. The monoisotopic (exact) mass is 338 g/mol. The Morgan fingerprint density at radius 1 is 1.22 bits per heavy atom. The van der Waals surface area contributed by atoms with Gasteiger partial charge in [-0.15, -0.1) is 0 Å². The minimum Gasteiger partial charge on any atom is -0.374 e. The summed E-state index contributed by atoms with van der Waals surface area (Å²) in [4.78, 5) is 4.86. The molecule has 0 amide bonds. The lowest BCUT2D eigenvalue weighted by molar-refractivity contribution is -0.0504. The highest BCUT2D eigenvalue weighted by molar-refractivity contribution is 7.90. The molecule has 2 saturated heterocycles. The molecular weight excluding hydrogens is 312 g/mol. The quantitative estimate of drug-likeness (QED) is 0.775. The van der Waals surface area contributed by atoms with Crippen molar-refractivity contribution in [2.24, 2.45) is 0 Å². The first-order chi connectivity index (χ1) is 11.0. The summed E-state index contributed by atoms with van der Waals surface area (Å²) in [7, 11) is -2.86. The molecule has 0 radical (unpaired) electrons. The van der Waals surface area contributed by atoms with Crippen LogP contribution in [0.1, 0.15) is 12.0 Å². The lowest BCUT2D eigenvalue weighted by atomic mass is 10.1. The number of fused-ring (bicyclic) bond motifs is 1. The molecule has 1 aromatic rings. The van der Waals surface area contributed by atoms with Crippen LogP contribution in [0.25, 0.3) is 0 Å². The molecule has 2 heterocycles. The first-order valence-electron chi connectivity index (χ1n) is 8.31. The van der Waals surface area contributed by atoms with Gasteiger partial charge >= 0.3 is 0 Å². The number of sulfone groups is 1. The average Bonchev–Trinajstić information content (AvgIpc) is 2.91. The number of hydrogen-bond donors (Lipinski definition) is 0. The third-order valence-electron chi connectivity index (χ3n) is 4.71. The van der Waals surface area contributed by atoms with Gasteiger partial charge in [0.25, 0.3) is 0 Å². The second-order valence-electron chi connectivity index (χ2n) is 6.68. The molecule has 128 valence electrons. The van der Waals surface area contributed by atoms with Crippen molar-refractivity contribution in [1.82, 2.24) is 9.80 Å². The second kappa shape index (κ2) is 7.30. The zero-order valence-electron chi connectivity index (χ0n) is 13.7. The van der Waals surface area contributed by atoms with E-state index >= 15 is 0 Å². The molecule has 2 aliphatic rings. The Morgan fingerprint density at radius 3 is 2.74 bits per heavy atom. The fourth-order valence-electron chi connectivity index (χ4n) is 3.58. The van der Waals surface area contributed by atoms with Crippen LogP contribution >= 0.6 is 0 Å². The van der Waals surface area contributed by atoms with Gasteiger partial charge in [-0.2, -0.15) is 0 Å². The highest BCUT2D eigenvalue weighted by Crippen LogP contribution is 2.24. The Morgan fingerprint density at radius 2 is 2.00 bits per heavy atom. The summed E-state index contributed by atoms with van der Waals surface area (Å²) in [5.41, 5.74) is 1.34. The highest BCUT2D eigenvalue weighted by Gasteiger charge is 2.39. The first-order valence-corrected chi connectivity index (χ1v) is 10.4. The molecule has 2 unspecified atom stereocenters. The van der Waals surface area contributed by atoms with E-state index in [2.05, 4.69) is 34.1 Å². The Labute approximate surface area is 139 Å². The standard InChI is InChI=1S/C17H26N2O3S/c1-23(20,21)11-5-8-18-13-16-17(14-18)22-10-9-19(16)12-15-6-3-2-4-7-15/h2-4,6-7,16-17H,5,8-14H2,1H3. The minimum atomic E-state index is -2.86. The van der Waals surface area contributed by atoms with Gasteiger partial charge in [-0.3, -0.25) is 9.80 Å². The first kappa shape index (κ1) is 16.9. The zero-order valence-corrected chi connectivity index (χ0v) is 14.5. The Hall–Kier alpha value is -0.950. The molecule has 0 saturated carbocycles. The molecule has 2 atom stereocenters. The number of hydrogen-bond acceptors (Lipinski definition) is 5. The van der Waals surface area contributed by atoms with Crippen molar-refractivity contribution in [2.45, 2.75) is 25.1 Å². The number of morpholine rings is 1. The summed E-state index contributed by atoms with van der Waals surface area (Å²) in [6, 6.07) is 11.0. The predicted molar refractivity (Wildman–Crippen MR) is 91.1 cm³/mol. The van der Waals surface area contributed by atoms with Crippen LogP contribution in [0.3, 0.4) is 0 Å². The summed E-state index contributed by atoms with van der Waals surface area (Å²) in [6.45, 7) is 5.44. The zero-order chi connectivity index (χ0) is 16.3. The normalized spacial score (nSPS) is 26.3. The largest absolute Gasteiger partial charge is 0.374 e. The molecular formula is C17H26N2O3S. The van der Waals surface area contributed by atoms with Gasteiger partial charge in [0, 0.05) is 32.4 Å². The molecule has 2 aliphatic heterocycles. The number of rotatable bonds is 6. The van der Waals surface area contributed by atoms with Gasteiger partial charge in [-0.05, 0) is 18.5 Å². The Kier molecular flexibility index (Phi) is 5.36. The van der Waals surface area contributed by atoms with Gasteiger partial charge in [0.05, 0.1) is 24.5 Å². The van der Waals surface area contributed by atoms with E-state index in [0.29, 0.717) is 12.5 Å². The van der Waals surface area contributed by atoms with Crippen molar-refractivity contribution in [2.75, 3.05) is 44.8 Å². The maximum Gasteiger partial charge on any atom is 0.147 e. The van der Waals surface area contributed by atoms with E-state index in [4.69, 9.17) is 4.74 Å². The molecule has 0 aromatic heterocycles. The van der Waals surface area contributed by atoms with Crippen LogP contribution in [0.2, 0.25) is 0 Å². The van der Waals surface area contributed by atoms with Crippen molar-refractivity contribution in [3.63, 3.8) is 0 Å². The summed E-state index contributed by atoms with van der Waals surface area (Å²) in [6.07, 6.45) is 2.27. The number of benzene rings is 1. The number of nitrogens with zero attached hydrogens (tertiary/aromatic N) is 2. The maximum atomic E-state index is 11.3. The summed E-state index contributed by atoms with van der Waals surface area (Å²) < 4.78 is 28.5. The van der Waals surface area contributed by atoms with Crippen LogP contribution in [0, 0.1) is 0 Å². The van der Waals surface area contributed by atoms with Gasteiger partial charge in [0.2, 0.25) is 0 Å². The highest BCUT2D eigenvalue weighted by atomic mass is 32.2. The van der Waals surface area contributed by atoms with E-state index < -0.39 is 9.84 Å². The summed E-state index contributed by atoms with van der Waals surface area (Å²) in [5, 5.41) is 0. The minimum absolute atomic E-state index is 0.255. The van der Waals surface area contributed by atoms with Crippen molar-refractivity contribution < 1.29 is 13.2 Å². The molecule has 2 fully saturated rings. The predicted octanol–water partition coefficient (Wildman–Crippen LogP) is 1.01. The lowest BCUT2D eigenvalue weighted by Crippen LogP contribution is -2.50. The van der Waals surface area contributed by atoms with E-state index in [1.54, 1.807) is 0 Å². The van der Waals surface area contributed by atoms with E-state index in [1.165, 1.54) is 11.8 Å². The number of likely N-dealkylation sites (tertiary alicyclic amines) is 1. The van der Waals surface area contributed by atoms with Gasteiger partial charge in [-0.1, -0.05) is 30.3 Å². The van der Waals surface area contributed by atoms with Crippen LogP contribution in [-0.2, 0) is 21.1 Å². The Balaban J connectivity index is 1.55. The molecule has 0 aliphatic carbocycles. The van der Waals surface area contributed by atoms with Gasteiger partial charge in [0.15, 0.2) is 0 Å². The summed E-state index contributed by atoms with van der Waals surface area (Å²) in [5.74, 6) is 0.271. The van der Waals surface area contributed by atoms with Gasteiger partial charge in [0.1, 0.15) is 9.84 Å².